The van der Waals surface area contributed by atoms with E-state index in [0.29, 0.717) is 12.4 Å². The molecule has 0 unspecified atom stereocenters. The van der Waals surface area contributed by atoms with Crippen molar-refractivity contribution >= 4 is 29.1 Å². The molecular weight excluding hydrogens is 421 g/mol. The zero-order valence-electron chi connectivity index (χ0n) is 17.8. The van der Waals surface area contributed by atoms with E-state index in [0.717, 1.165) is 6.20 Å². The van der Waals surface area contributed by atoms with Gasteiger partial charge < -0.3 is 24.8 Å². The van der Waals surface area contributed by atoms with Gasteiger partial charge in [-0.1, -0.05) is 0 Å². The number of pyridine rings is 1. The summed E-state index contributed by atoms with van der Waals surface area (Å²) < 4.78 is 20.9. The number of anilines is 2. The summed E-state index contributed by atoms with van der Waals surface area (Å²) in [4.78, 5) is 44.5. The molecule has 3 aromatic rings. The topological polar surface area (TPSA) is 123 Å². The van der Waals surface area contributed by atoms with Crippen molar-refractivity contribution in [2.45, 2.75) is 26.1 Å². The molecule has 0 radical (unpaired) electrons. The van der Waals surface area contributed by atoms with Crippen LogP contribution in [-0.4, -0.2) is 62.7 Å². The number of hydrogen-bond acceptors (Lipinski definition) is 7. The summed E-state index contributed by atoms with van der Waals surface area (Å²) in [5.74, 6) is -0.824. The summed E-state index contributed by atoms with van der Waals surface area (Å²) in [6, 6.07) is 3.81. The predicted molar refractivity (Wildman–Crippen MR) is 113 cm³/mol. The zero-order valence-corrected chi connectivity index (χ0v) is 17.8. The monoisotopic (exact) mass is 443 g/mol. The molecule has 12 heteroatoms. The van der Waals surface area contributed by atoms with Crippen LogP contribution in [-0.2, 0) is 22.6 Å². The normalized spacial score (nSPS) is 14.0. The van der Waals surface area contributed by atoms with Crippen LogP contribution in [0.1, 0.15) is 23.0 Å². The van der Waals surface area contributed by atoms with Gasteiger partial charge in [0.1, 0.15) is 29.5 Å². The van der Waals surface area contributed by atoms with Crippen molar-refractivity contribution in [2.75, 3.05) is 31.4 Å². The van der Waals surface area contributed by atoms with Gasteiger partial charge in [-0.25, -0.2) is 9.37 Å². The Balaban J connectivity index is 1.77. The molecule has 0 bridgehead atoms. The molecule has 1 aliphatic heterocycles. The average Bonchev–Trinajstić information content (AvgIpc) is 3.35. The van der Waals surface area contributed by atoms with E-state index in [1.165, 1.54) is 33.2 Å². The minimum absolute atomic E-state index is 0.0867. The summed E-state index contributed by atoms with van der Waals surface area (Å²) in [5.41, 5.74) is 0.253. The van der Waals surface area contributed by atoms with Crippen molar-refractivity contribution in [1.29, 1.82) is 0 Å². The summed E-state index contributed by atoms with van der Waals surface area (Å²) >= 11 is 0. The average molecular weight is 443 g/mol. The predicted octanol–water partition coefficient (Wildman–Crippen LogP) is 0.701. The van der Waals surface area contributed by atoms with E-state index in [4.69, 9.17) is 4.74 Å². The lowest BCUT2D eigenvalue weighted by Crippen LogP contribution is -2.37. The molecule has 0 aliphatic carbocycles. The first kappa shape index (κ1) is 21.4. The van der Waals surface area contributed by atoms with Crippen LogP contribution in [0.3, 0.4) is 0 Å². The Morgan fingerprint density at radius 2 is 2.09 bits per heavy atom. The van der Waals surface area contributed by atoms with E-state index >= 15 is 0 Å². The van der Waals surface area contributed by atoms with Gasteiger partial charge in [0, 0.05) is 20.2 Å². The Hall–Kier alpha value is -3.80. The maximum Gasteiger partial charge on any atom is 0.280 e. The van der Waals surface area contributed by atoms with Gasteiger partial charge in [0.05, 0.1) is 31.0 Å². The first-order chi connectivity index (χ1) is 15.3. The van der Waals surface area contributed by atoms with Crippen molar-refractivity contribution in [3.05, 3.63) is 51.8 Å². The maximum atomic E-state index is 13.3. The van der Waals surface area contributed by atoms with Crippen molar-refractivity contribution in [2.24, 2.45) is 0 Å². The summed E-state index contributed by atoms with van der Waals surface area (Å²) in [6.07, 6.45) is 0.986. The van der Waals surface area contributed by atoms with Gasteiger partial charge in [-0.2, -0.15) is 4.52 Å². The minimum atomic E-state index is -0.530. The summed E-state index contributed by atoms with van der Waals surface area (Å²) in [7, 11) is 3.18. The molecule has 11 nitrogen and oxygen atoms in total. The molecule has 0 spiro atoms. The highest BCUT2D eigenvalue weighted by atomic mass is 19.1. The van der Waals surface area contributed by atoms with Gasteiger partial charge in [-0.05, 0) is 19.1 Å². The molecule has 2 N–H and O–H groups in total. The fourth-order valence-corrected chi connectivity index (χ4v) is 3.73. The van der Waals surface area contributed by atoms with Crippen LogP contribution in [0.15, 0.2) is 29.2 Å². The molecule has 0 fully saturated rings. The van der Waals surface area contributed by atoms with Crippen LogP contribution < -0.4 is 16.2 Å². The number of nitrogens with one attached hydrogen (secondary N) is 2. The van der Waals surface area contributed by atoms with E-state index < -0.39 is 17.3 Å². The van der Waals surface area contributed by atoms with Gasteiger partial charge in [0.15, 0.2) is 5.82 Å². The highest BCUT2D eigenvalue weighted by Gasteiger charge is 2.37. The molecule has 3 aromatic heterocycles. The fourth-order valence-electron chi connectivity index (χ4n) is 3.73. The highest BCUT2D eigenvalue weighted by Crippen LogP contribution is 2.25. The van der Waals surface area contributed by atoms with Crippen LogP contribution in [0, 0.1) is 5.82 Å². The number of rotatable bonds is 7. The smallest absolute Gasteiger partial charge is 0.280 e. The van der Waals surface area contributed by atoms with E-state index in [9.17, 15) is 18.8 Å². The van der Waals surface area contributed by atoms with E-state index in [-0.39, 0.29) is 47.8 Å². The second-order valence-electron chi connectivity index (χ2n) is 7.42. The maximum absolute atomic E-state index is 13.3. The number of amides is 2. The Bertz CT molecular complexity index is 1250. The van der Waals surface area contributed by atoms with E-state index in [1.54, 1.807) is 13.1 Å². The summed E-state index contributed by atoms with van der Waals surface area (Å²) in [5, 5.41) is 9.66. The van der Waals surface area contributed by atoms with Crippen molar-refractivity contribution in [3.8, 4) is 0 Å². The molecule has 4 heterocycles. The van der Waals surface area contributed by atoms with Gasteiger partial charge in [0.25, 0.3) is 11.5 Å². The number of carbonyl (C=O) groups is 2. The van der Waals surface area contributed by atoms with Gasteiger partial charge in [-0.3, -0.25) is 14.4 Å². The lowest BCUT2D eigenvalue weighted by molar-refractivity contribution is -0.116. The van der Waals surface area contributed by atoms with Crippen molar-refractivity contribution in [3.63, 3.8) is 0 Å². The van der Waals surface area contributed by atoms with E-state index in [2.05, 4.69) is 20.7 Å². The Morgan fingerprint density at radius 3 is 2.75 bits per heavy atom. The number of ether oxygens (including phenoxy) is 1. The molecular formula is C20H22FN7O4. The number of hydrogen-bond donors (Lipinski definition) is 2. The lowest BCUT2D eigenvalue weighted by atomic mass is 10.2. The number of fused-ring (bicyclic) bond motifs is 2. The Labute approximate surface area is 181 Å². The highest BCUT2D eigenvalue weighted by molar-refractivity contribution is 5.98. The van der Waals surface area contributed by atoms with Crippen LogP contribution in [0.5, 0.6) is 0 Å². The number of nitrogens with zero attached hydrogens (tertiary/aromatic N) is 5. The summed E-state index contributed by atoms with van der Waals surface area (Å²) in [6.45, 7) is 1.92. The molecule has 2 amide bonds. The van der Waals surface area contributed by atoms with Crippen molar-refractivity contribution in [1.82, 2.24) is 24.1 Å². The minimum Gasteiger partial charge on any atom is -0.383 e. The molecule has 0 saturated carbocycles. The number of methoxy groups -OCH3 is 1. The molecule has 4 rings (SSSR count). The standard InChI is InChI=1S/C20H22FN7O4/c1-11(10-32-3)26-8-13-18(20(26)31)27(17-6-15(22-2)25-28(17)19(13)30)9-16(29)24-14-5-4-12(21)7-23-14/h4-7,11H,8-10H2,1-3H3,(H,22,25)(H,23,24,29)/t11-/m0/s1. The van der Waals surface area contributed by atoms with Crippen LogP contribution in [0.25, 0.3) is 5.65 Å². The van der Waals surface area contributed by atoms with E-state index in [1.807, 2.05) is 6.92 Å². The third kappa shape index (κ3) is 3.68. The Morgan fingerprint density at radius 1 is 1.31 bits per heavy atom. The first-order valence-corrected chi connectivity index (χ1v) is 9.88. The van der Waals surface area contributed by atoms with Gasteiger partial charge in [0.2, 0.25) is 5.91 Å². The van der Waals surface area contributed by atoms with Crippen LogP contribution in [0.2, 0.25) is 0 Å². The third-order valence-electron chi connectivity index (χ3n) is 5.26. The fraction of sp³-hybridized carbons (Fsp3) is 0.350. The molecule has 0 aromatic carbocycles. The van der Waals surface area contributed by atoms with Gasteiger partial charge >= 0.3 is 0 Å². The van der Waals surface area contributed by atoms with Crippen molar-refractivity contribution < 1.29 is 18.7 Å². The molecule has 32 heavy (non-hydrogen) atoms. The quantitative estimate of drug-likeness (QED) is 0.551. The third-order valence-corrected chi connectivity index (χ3v) is 5.26. The lowest BCUT2D eigenvalue weighted by Gasteiger charge is -2.23. The molecule has 0 saturated heterocycles. The molecule has 1 atom stereocenters. The van der Waals surface area contributed by atoms with Gasteiger partial charge in [-0.15, -0.1) is 5.10 Å². The number of aromatic nitrogens is 4. The SMILES string of the molecule is CNc1cc2n(CC(=O)Nc3ccc(F)cn3)c3c(c(=O)n2n1)CN([C@@H](C)COC)C3=O. The van der Waals surface area contributed by atoms with Crippen LogP contribution >= 0.6 is 0 Å². The number of halogens is 1. The Kier molecular flexibility index (Phi) is 5.61. The number of carbonyl (C=O) groups excluding carboxylic acids is 2. The van der Waals surface area contributed by atoms with Crippen LogP contribution in [0.4, 0.5) is 16.0 Å². The second kappa shape index (κ2) is 8.38. The first-order valence-electron chi connectivity index (χ1n) is 9.88. The molecule has 168 valence electrons. The largest absolute Gasteiger partial charge is 0.383 e. The second-order valence-corrected chi connectivity index (χ2v) is 7.42. The zero-order chi connectivity index (χ0) is 23.0. The molecule has 1 aliphatic rings.